The summed E-state index contributed by atoms with van der Waals surface area (Å²) in [6.07, 6.45) is 0.416. The van der Waals surface area contributed by atoms with Gasteiger partial charge in [-0.2, -0.15) is 5.26 Å². The molecule has 0 saturated carbocycles. The lowest BCUT2D eigenvalue weighted by molar-refractivity contribution is 0.0694. The maximum absolute atomic E-state index is 11.1. The van der Waals surface area contributed by atoms with Crippen LogP contribution in [0.15, 0.2) is 24.3 Å². The molecule has 19 heavy (non-hydrogen) atoms. The number of aromatic carboxylic acids is 1. The molecule has 1 rings (SSSR count). The number of carboxylic acid groups (broad SMARTS) is 1. The summed E-state index contributed by atoms with van der Waals surface area (Å²) >= 11 is 0. The summed E-state index contributed by atoms with van der Waals surface area (Å²) in [6.45, 7) is 2.34. The van der Waals surface area contributed by atoms with Gasteiger partial charge in [0.15, 0.2) is 0 Å². The Balaban J connectivity index is 2.77. The van der Waals surface area contributed by atoms with Crippen molar-refractivity contribution in [3.05, 3.63) is 35.4 Å². The van der Waals surface area contributed by atoms with E-state index in [-0.39, 0.29) is 0 Å². The molecule has 1 aromatic carbocycles. The van der Waals surface area contributed by atoms with Crippen LogP contribution in [-0.2, 0) is 11.3 Å². The average Bonchev–Trinajstić information content (AvgIpc) is 2.42. The number of rotatable bonds is 8. The molecule has 0 aliphatic carbocycles. The van der Waals surface area contributed by atoms with Gasteiger partial charge in [0.05, 0.1) is 18.2 Å². The second-order valence-electron chi connectivity index (χ2n) is 4.14. The summed E-state index contributed by atoms with van der Waals surface area (Å²) in [7, 11) is 1.62. The number of carbonyl (C=O) groups is 1. The highest BCUT2D eigenvalue weighted by molar-refractivity contribution is 5.89. The van der Waals surface area contributed by atoms with Gasteiger partial charge in [0.1, 0.15) is 0 Å². The van der Waals surface area contributed by atoms with Crippen molar-refractivity contribution in [3.8, 4) is 6.07 Å². The SMILES string of the molecule is COCCN(CCC#N)Cc1ccccc1C(=O)O. The van der Waals surface area contributed by atoms with E-state index in [1.54, 1.807) is 25.3 Å². The highest BCUT2D eigenvalue weighted by atomic mass is 16.5. The van der Waals surface area contributed by atoms with Crippen molar-refractivity contribution in [1.82, 2.24) is 4.90 Å². The Hall–Kier alpha value is -1.90. The van der Waals surface area contributed by atoms with Gasteiger partial charge < -0.3 is 9.84 Å². The lowest BCUT2D eigenvalue weighted by atomic mass is 10.1. The van der Waals surface area contributed by atoms with E-state index in [4.69, 9.17) is 15.1 Å². The van der Waals surface area contributed by atoms with E-state index in [9.17, 15) is 4.79 Å². The van der Waals surface area contributed by atoms with E-state index in [1.807, 2.05) is 11.0 Å². The number of nitrogens with zero attached hydrogens (tertiary/aromatic N) is 2. The molecule has 0 amide bonds. The number of methoxy groups -OCH3 is 1. The van der Waals surface area contributed by atoms with Crippen LogP contribution < -0.4 is 0 Å². The third-order valence-corrected chi connectivity index (χ3v) is 2.79. The molecule has 0 saturated heterocycles. The van der Waals surface area contributed by atoms with Crippen molar-refractivity contribution >= 4 is 5.97 Å². The fraction of sp³-hybridized carbons (Fsp3) is 0.429. The maximum Gasteiger partial charge on any atom is 0.336 e. The summed E-state index contributed by atoms with van der Waals surface area (Å²) in [5.74, 6) is -0.928. The highest BCUT2D eigenvalue weighted by Crippen LogP contribution is 2.12. The Labute approximate surface area is 113 Å². The quantitative estimate of drug-likeness (QED) is 0.772. The van der Waals surface area contributed by atoms with Crippen molar-refractivity contribution in [1.29, 1.82) is 5.26 Å². The highest BCUT2D eigenvalue weighted by Gasteiger charge is 2.12. The van der Waals surface area contributed by atoms with Crippen LogP contribution in [0.25, 0.3) is 0 Å². The number of nitriles is 1. The molecule has 0 aromatic heterocycles. The molecule has 0 spiro atoms. The van der Waals surface area contributed by atoms with Crippen LogP contribution in [0.1, 0.15) is 22.3 Å². The van der Waals surface area contributed by atoms with Gasteiger partial charge in [-0.25, -0.2) is 4.79 Å². The first-order valence-electron chi connectivity index (χ1n) is 6.08. The average molecular weight is 262 g/mol. The number of hydrogen-bond donors (Lipinski definition) is 1. The molecule has 0 aliphatic rings. The van der Waals surface area contributed by atoms with Crippen LogP contribution in [0, 0.1) is 11.3 Å². The van der Waals surface area contributed by atoms with Gasteiger partial charge in [0, 0.05) is 33.2 Å². The normalized spacial score (nSPS) is 10.4. The molecule has 1 aromatic rings. The molecule has 5 heteroatoms. The third-order valence-electron chi connectivity index (χ3n) is 2.79. The lowest BCUT2D eigenvalue weighted by Crippen LogP contribution is -2.28. The Morgan fingerprint density at radius 1 is 1.42 bits per heavy atom. The first-order chi connectivity index (χ1) is 9.19. The topological polar surface area (TPSA) is 73.6 Å². The van der Waals surface area contributed by atoms with E-state index in [0.29, 0.717) is 38.2 Å². The fourth-order valence-corrected chi connectivity index (χ4v) is 1.81. The Morgan fingerprint density at radius 2 is 2.16 bits per heavy atom. The predicted octanol–water partition coefficient (Wildman–Crippen LogP) is 1.75. The Morgan fingerprint density at radius 3 is 2.79 bits per heavy atom. The van der Waals surface area contributed by atoms with Crippen LogP contribution in [0.3, 0.4) is 0 Å². The van der Waals surface area contributed by atoms with Gasteiger partial charge in [-0.1, -0.05) is 18.2 Å². The molecular weight excluding hydrogens is 244 g/mol. The minimum Gasteiger partial charge on any atom is -0.478 e. The van der Waals surface area contributed by atoms with Crippen LogP contribution in [-0.4, -0.2) is 42.8 Å². The van der Waals surface area contributed by atoms with Crippen LogP contribution >= 0.6 is 0 Å². The Kier molecular flexibility index (Phi) is 6.58. The van der Waals surface area contributed by atoms with Crippen LogP contribution in [0.2, 0.25) is 0 Å². The number of carboxylic acids is 1. The monoisotopic (exact) mass is 262 g/mol. The first kappa shape index (κ1) is 15.2. The van der Waals surface area contributed by atoms with Crippen molar-refractivity contribution in [2.24, 2.45) is 0 Å². The summed E-state index contributed by atoms with van der Waals surface area (Å²) in [5.41, 5.74) is 1.06. The fourth-order valence-electron chi connectivity index (χ4n) is 1.81. The van der Waals surface area contributed by atoms with E-state index >= 15 is 0 Å². The third kappa shape index (κ3) is 5.08. The molecule has 0 heterocycles. The van der Waals surface area contributed by atoms with E-state index in [2.05, 4.69) is 6.07 Å². The van der Waals surface area contributed by atoms with Gasteiger partial charge in [-0.05, 0) is 11.6 Å². The zero-order valence-corrected chi connectivity index (χ0v) is 11.0. The lowest BCUT2D eigenvalue weighted by Gasteiger charge is -2.21. The van der Waals surface area contributed by atoms with Crippen molar-refractivity contribution < 1.29 is 14.6 Å². The van der Waals surface area contributed by atoms with Crippen LogP contribution in [0.4, 0.5) is 0 Å². The largest absolute Gasteiger partial charge is 0.478 e. The maximum atomic E-state index is 11.1. The van der Waals surface area contributed by atoms with Gasteiger partial charge in [0.25, 0.3) is 0 Å². The first-order valence-corrected chi connectivity index (χ1v) is 6.08. The smallest absolute Gasteiger partial charge is 0.336 e. The van der Waals surface area contributed by atoms with E-state index in [1.165, 1.54) is 0 Å². The van der Waals surface area contributed by atoms with E-state index in [0.717, 1.165) is 5.56 Å². The standard InChI is InChI=1S/C14H18N2O3/c1-19-10-9-16(8-4-7-15)11-12-5-2-3-6-13(12)14(17)18/h2-3,5-6H,4,8-11H2,1H3,(H,17,18). The second kappa shape index (κ2) is 8.25. The minimum absolute atomic E-state index is 0.307. The molecule has 0 aliphatic heterocycles. The summed E-state index contributed by atoms with van der Waals surface area (Å²) < 4.78 is 5.03. The minimum atomic E-state index is -0.928. The zero-order chi connectivity index (χ0) is 14.1. The molecular formula is C14H18N2O3. The molecule has 5 nitrogen and oxygen atoms in total. The summed E-state index contributed by atoms with van der Waals surface area (Å²) in [5, 5.41) is 17.8. The van der Waals surface area contributed by atoms with Gasteiger partial charge in [-0.15, -0.1) is 0 Å². The van der Waals surface area contributed by atoms with Gasteiger partial charge >= 0.3 is 5.97 Å². The van der Waals surface area contributed by atoms with E-state index < -0.39 is 5.97 Å². The number of ether oxygens (including phenoxy) is 1. The summed E-state index contributed by atoms with van der Waals surface area (Å²) in [6, 6.07) is 9.02. The van der Waals surface area contributed by atoms with Gasteiger partial charge in [0.2, 0.25) is 0 Å². The molecule has 0 atom stereocenters. The van der Waals surface area contributed by atoms with Crippen molar-refractivity contribution in [3.63, 3.8) is 0 Å². The predicted molar refractivity (Wildman–Crippen MR) is 70.8 cm³/mol. The number of hydrogen-bond acceptors (Lipinski definition) is 4. The molecule has 102 valence electrons. The molecule has 0 fully saturated rings. The molecule has 0 bridgehead atoms. The second-order valence-corrected chi connectivity index (χ2v) is 4.14. The van der Waals surface area contributed by atoms with Gasteiger partial charge in [-0.3, -0.25) is 4.90 Å². The molecule has 1 N–H and O–H groups in total. The molecule has 0 radical (unpaired) electrons. The number of benzene rings is 1. The van der Waals surface area contributed by atoms with Crippen molar-refractivity contribution in [2.75, 3.05) is 26.8 Å². The zero-order valence-electron chi connectivity index (χ0n) is 11.0. The van der Waals surface area contributed by atoms with Crippen LogP contribution in [0.5, 0.6) is 0 Å². The van der Waals surface area contributed by atoms with Crippen molar-refractivity contribution in [2.45, 2.75) is 13.0 Å². The Bertz CT molecular complexity index is 454. The summed E-state index contributed by atoms with van der Waals surface area (Å²) in [4.78, 5) is 13.2. The molecule has 0 unspecified atom stereocenters.